The number of benzene rings is 1. The smallest absolute Gasteiger partial charge is 0.465 e. The van der Waals surface area contributed by atoms with Gasteiger partial charge < -0.3 is 18.9 Å². The van der Waals surface area contributed by atoms with Crippen LogP contribution in [0.1, 0.15) is 30.7 Å². The first-order chi connectivity index (χ1) is 12.5. The predicted octanol–water partition coefficient (Wildman–Crippen LogP) is 2.93. The highest BCUT2D eigenvalue weighted by molar-refractivity contribution is 7.88. The normalized spacial score (nSPS) is 22.8. The molecule has 2 aliphatic heterocycles. The van der Waals surface area contributed by atoms with Crippen molar-refractivity contribution in [1.29, 1.82) is 0 Å². The van der Waals surface area contributed by atoms with Crippen LogP contribution in [0, 0.1) is 0 Å². The Morgan fingerprint density at radius 1 is 1.30 bits per heavy atom. The Balaban J connectivity index is 1.69. The average Bonchev–Trinajstić information content (AvgIpc) is 2.98. The molecule has 3 rings (SSSR count). The van der Waals surface area contributed by atoms with E-state index in [1.807, 2.05) is 0 Å². The summed E-state index contributed by atoms with van der Waals surface area (Å²) in [5.74, 6) is -0.551. The van der Waals surface area contributed by atoms with Crippen molar-refractivity contribution in [2.24, 2.45) is 0 Å². The second-order valence-corrected chi connectivity index (χ2v) is 8.26. The van der Waals surface area contributed by atoms with Crippen LogP contribution < -0.4 is 4.18 Å². The fraction of sp³-hybridized carbons (Fsp3) is 0.562. The fourth-order valence-electron chi connectivity index (χ4n) is 3.51. The first-order valence-electron chi connectivity index (χ1n) is 8.24. The van der Waals surface area contributed by atoms with E-state index in [1.54, 1.807) is 6.07 Å². The number of hydrogen-bond acceptors (Lipinski definition) is 5. The second-order valence-electron chi connectivity index (χ2n) is 6.72. The lowest BCUT2D eigenvalue weighted by atomic mass is 9.83. The van der Waals surface area contributed by atoms with Gasteiger partial charge in [0.15, 0.2) is 0 Å². The van der Waals surface area contributed by atoms with E-state index in [-0.39, 0.29) is 5.92 Å². The lowest BCUT2D eigenvalue weighted by molar-refractivity contribution is -0.0500. The number of nitrogens with zero attached hydrogens (tertiary/aromatic N) is 1. The zero-order chi connectivity index (χ0) is 19.9. The van der Waals surface area contributed by atoms with Crippen molar-refractivity contribution < 1.29 is 40.4 Å². The minimum atomic E-state index is -5.72. The molecule has 7 nitrogen and oxygen atoms in total. The van der Waals surface area contributed by atoms with Gasteiger partial charge in [-0.15, -0.1) is 0 Å². The zero-order valence-corrected chi connectivity index (χ0v) is 14.9. The van der Waals surface area contributed by atoms with Gasteiger partial charge in [-0.05, 0) is 37.0 Å². The molecule has 1 aromatic rings. The van der Waals surface area contributed by atoms with Gasteiger partial charge in [-0.3, -0.25) is 0 Å². The molecule has 1 aromatic carbocycles. The third-order valence-electron chi connectivity index (χ3n) is 4.97. The van der Waals surface area contributed by atoms with E-state index >= 15 is 0 Å². The van der Waals surface area contributed by atoms with Gasteiger partial charge in [0.05, 0.1) is 12.2 Å². The van der Waals surface area contributed by atoms with Crippen LogP contribution in [0.25, 0.3) is 0 Å². The maximum absolute atomic E-state index is 12.5. The summed E-state index contributed by atoms with van der Waals surface area (Å²) >= 11 is 0. The molecule has 1 N–H and O–H groups in total. The fourth-order valence-corrected chi connectivity index (χ4v) is 3.96. The molecule has 0 saturated carbocycles. The van der Waals surface area contributed by atoms with E-state index in [4.69, 9.17) is 9.84 Å². The summed E-state index contributed by atoms with van der Waals surface area (Å²) in [5, 5.41) is 9.02. The molecule has 11 heteroatoms. The Hall–Kier alpha value is -2.01. The molecule has 2 aliphatic rings. The summed E-state index contributed by atoms with van der Waals surface area (Å²) in [7, 11) is -5.72. The molecular formula is C16H18F3NO6S. The molecule has 0 aliphatic carbocycles. The standard InChI is InChI=1S/C16H18F3NO6S/c17-16(18,19)27(23,24)26-13-3-1-2-11(8-13)12-9-15(25-10-12)4-6-20(7-5-15)14(21)22/h1-3,8,12H,4-7,9-10H2,(H,21,22)/t12-/m1/s1. The quantitative estimate of drug-likeness (QED) is 0.610. The lowest BCUT2D eigenvalue weighted by Gasteiger charge is -2.37. The third kappa shape index (κ3) is 4.13. The van der Waals surface area contributed by atoms with Crippen LogP contribution in [-0.2, 0) is 14.9 Å². The number of carboxylic acid groups (broad SMARTS) is 1. The van der Waals surface area contributed by atoms with Gasteiger partial charge in [-0.1, -0.05) is 12.1 Å². The number of ether oxygens (including phenoxy) is 1. The maximum Gasteiger partial charge on any atom is 0.534 e. The van der Waals surface area contributed by atoms with Gasteiger partial charge in [0.25, 0.3) is 0 Å². The van der Waals surface area contributed by atoms with Crippen LogP contribution in [-0.4, -0.2) is 55.3 Å². The van der Waals surface area contributed by atoms with Crippen LogP contribution in [0.5, 0.6) is 5.75 Å². The molecule has 0 radical (unpaired) electrons. The molecule has 2 heterocycles. The molecule has 0 aromatic heterocycles. The molecule has 27 heavy (non-hydrogen) atoms. The summed E-state index contributed by atoms with van der Waals surface area (Å²) in [6.45, 7) is 1.03. The summed E-state index contributed by atoms with van der Waals surface area (Å²) in [5.41, 5.74) is -5.35. The van der Waals surface area contributed by atoms with Crippen LogP contribution in [0.2, 0.25) is 0 Å². The Morgan fingerprint density at radius 2 is 1.96 bits per heavy atom. The minimum Gasteiger partial charge on any atom is -0.465 e. The average molecular weight is 409 g/mol. The van der Waals surface area contributed by atoms with Gasteiger partial charge in [0, 0.05) is 19.0 Å². The van der Waals surface area contributed by atoms with Crippen LogP contribution >= 0.6 is 0 Å². The van der Waals surface area contributed by atoms with Crippen LogP contribution in [0.3, 0.4) is 0 Å². The number of rotatable bonds is 3. The topological polar surface area (TPSA) is 93.1 Å². The summed E-state index contributed by atoms with van der Waals surface area (Å²) in [6.07, 6.45) is 0.675. The summed E-state index contributed by atoms with van der Waals surface area (Å²) < 4.78 is 69.8. The Kier molecular flexibility index (Phi) is 5.02. The number of amides is 1. The van der Waals surface area contributed by atoms with Crippen molar-refractivity contribution >= 4 is 16.2 Å². The lowest BCUT2D eigenvalue weighted by Crippen LogP contribution is -2.45. The first-order valence-corrected chi connectivity index (χ1v) is 9.65. The SMILES string of the molecule is O=C(O)N1CCC2(CC1)C[C@@H](c1cccc(OS(=O)(=O)C(F)(F)F)c1)CO2. The highest BCUT2D eigenvalue weighted by Gasteiger charge is 2.49. The van der Waals surface area contributed by atoms with Crippen LogP contribution in [0.4, 0.5) is 18.0 Å². The Bertz CT molecular complexity index is 818. The molecule has 1 atom stereocenters. The van der Waals surface area contributed by atoms with Crippen LogP contribution in [0.15, 0.2) is 24.3 Å². The zero-order valence-electron chi connectivity index (χ0n) is 14.1. The van der Waals surface area contributed by atoms with E-state index < -0.39 is 33.1 Å². The number of piperidine rings is 1. The Labute approximate surface area is 153 Å². The molecule has 0 bridgehead atoms. The molecular weight excluding hydrogens is 391 g/mol. The number of carbonyl (C=O) groups is 1. The largest absolute Gasteiger partial charge is 0.534 e. The molecule has 1 amide bonds. The minimum absolute atomic E-state index is 0.140. The van der Waals surface area contributed by atoms with Crippen molar-refractivity contribution in [2.75, 3.05) is 19.7 Å². The second kappa shape index (κ2) is 6.86. The van der Waals surface area contributed by atoms with E-state index in [0.29, 0.717) is 44.5 Å². The van der Waals surface area contributed by atoms with Gasteiger partial charge in [0.2, 0.25) is 0 Å². The summed E-state index contributed by atoms with van der Waals surface area (Å²) in [4.78, 5) is 12.3. The molecule has 150 valence electrons. The number of halogens is 3. The van der Waals surface area contributed by atoms with E-state index in [2.05, 4.69) is 4.18 Å². The van der Waals surface area contributed by atoms with Gasteiger partial charge in [-0.2, -0.15) is 21.6 Å². The molecule has 1 spiro atoms. The van der Waals surface area contributed by atoms with Gasteiger partial charge >= 0.3 is 21.7 Å². The van der Waals surface area contributed by atoms with Crippen molar-refractivity contribution in [1.82, 2.24) is 4.90 Å². The van der Waals surface area contributed by atoms with Crippen molar-refractivity contribution in [2.45, 2.75) is 36.3 Å². The number of alkyl halides is 3. The van der Waals surface area contributed by atoms with Crippen molar-refractivity contribution in [3.8, 4) is 5.75 Å². The monoisotopic (exact) mass is 409 g/mol. The van der Waals surface area contributed by atoms with Crippen molar-refractivity contribution in [3.05, 3.63) is 29.8 Å². The number of hydrogen-bond donors (Lipinski definition) is 1. The van der Waals surface area contributed by atoms with E-state index in [9.17, 15) is 26.4 Å². The summed E-state index contributed by atoms with van der Waals surface area (Å²) in [6, 6.07) is 5.51. The Morgan fingerprint density at radius 3 is 2.56 bits per heavy atom. The highest BCUT2D eigenvalue weighted by atomic mass is 32.2. The highest BCUT2D eigenvalue weighted by Crippen LogP contribution is 2.43. The third-order valence-corrected chi connectivity index (χ3v) is 5.95. The molecule has 2 saturated heterocycles. The van der Waals surface area contributed by atoms with Crippen molar-refractivity contribution in [3.63, 3.8) is 0 Å². The van der Waals surface area contributed by atoms with Gasteiger partial charge in [0.1, 0.15) is 5.75 Å². The predicted molar refractivity (Wildman–Crippen MR) is 86.9 cm³/mol. The maximum atomic E-state index is 12.5. The first kappa shape index (κ1) is 19.7. The van der Waals surface area contributed by atoms with E-state index in [0.717, 1.165) is 6.07 Å². The number of likely N-dealkylation sites (tertiary alicyclic amines) is 1. The van der Waals surface area contributed by atoms with Gasteiger partial charge in [-0.25, -0.2) is 4.79 Å². The molecule has 2 fully saturated rings. The molecule has 0 unspecified atom stereocenters. The van der Waals surface area contributed by atoms with E-state index in [1.165, 1.54) is 17.0 Å².